The summed E-state index contributed by atoms with van der Waals surface area (Å²) in [6, 6.07) is 17.5. The Hall–Kier alpha value is -3.61. The number of carbonyl (C=O) groups excluding carboxylic acids is 1. The molecule has 0 unspecified atom stereocenters. The van der Waals surface area contributed by atoms with E-state index >= 15 is 0 Å². The predicted octanol–water partition coefficient (Wildman–Crippen LogP) is 3.74. The van der Waals surface area contributed by atoms with Gasteiger partial charge in [0.15, 0.2) is 0 Å². The summed E-state index contributed by atoms with van der Waals surface area (Å²) in [7, 11) is 0. The van der Waals surface area contributed by atoms with Gasteiger partial charge in [-0.1, -0.05) is 37.3 Å². The summed E-state index contributed by atoms with van der Waals surface area (Å²) in [5, 5.41) is 3.96. The van der Waals surface area contributed by atoms with Crippen LogP contribution in [0.2, 0.25) is 0 Å². The Morgan fingerprint density at radius 2 is 1.75 bits per heavy atom. The first-order valence-corrected chi connectivity index (χ1v) is 11.1. The molecule has 1 amide bonds. The molecule has 0 aliphatic heterocycles. The van der Waals surface area contributed by atoms with Gasteiger partial charge in [0, 0.05) is 37.6 Å². The lowest BCUT2D eigenvalue weighted by Crippen LogP contribution is -2.29. The van der Waals surface area contributed by atoms with Gasteiger partial charge in [0.2, 0.25) is 5.91 Å². The van der Waals surface area contributed by atoms with Gasteiger partial charge in [-0.15, -0.1) is 0 Å². The number of benzene rings is 2. The molecule has 2 heterocycles. The molecule has 0 aliphatic carbocycles. The molecule has 0 atom stereocenters. The molecule has 0 radical (unpaired) electrons. The highest BCUT2D eigenvalue weighted by Gasteiger charge is 2.13. The molecule has 1 N–H and O–H groups in total. The van der Waals surface area contributed by atoms with Crippen molar-refractivity contribution >= 4 is 27.8 Å². The standard InChI is InChI=1S/C25H28N4O3/c1-2-16-28-20-10-3-4-11-21(20)29(25(28)31)17-13-23(30)26-15-7-18-32-22-12-5-8-19-9-6-14-27-24(19)22/h3-6,8-12,14H,2,7,13,15-18H2,1H3,(H,26,30). The van der Waals surface area contributed by atoms with Gasteiger partial charge in [-0.25, -0.2) is 4.79 Å². The zero-order valence-electron chi connectivity index (χ0n) is 18.3. The average molecular weight is 433 g/mol. The van der Waals surface area contributed by atoms with Gasteiger partial charge >= 0.3 is 5.69 Å². The van der Waals surface area contributed by atoms with Crippen molar-refractivity contribution in [1.29, 1.82) is 0 Å². The highest BCUT2D eigenvalue weighted by atomic mass is 16.5. The number of rotatable bonds is 10. The number of pyridine rings is 1. The van der Waals surface area contributed by atoms with Crippen LogP contribution in [0.15, 0.2) is 65.6 Å². The fourth-order valence-corrected chi connectivity index (χ4v) is 3.90. The number of para-hydroxylation sites is 3. The molecular formula is C25H28N4O3. The van der Waals surface area contributed by atoms with Crippen molar-refractivity contribution in [3.63, 3.8) is 0 Å². The van der Waals surface area contributed by atoms with Crippen molar-refractivity contribution in [1.82, 2.24) is 19.4 Å². The fraction of sp³-hybridized carbons (Fsp3) is 0.320. The molecule has 0 spiro atoms. The van der Waals surface area contributed by atoms with E-state index in [0.717, 1.165) is 34.1 Å². The number of fused-ring (bicyclic) bond motifs is 2. The van der Waals surface area contributed by atoms with Gasteiger partial charge in [0.05, 0.1) is 17.6 Å². The highest BCUT2D eigenvalue weighted by molar-refractivity contribution is 5.84. The summed E-state index contributed by atoms with van der Waals surface area (Å²) < 4.78 is 9.34. The largest absolute Gasteiger partial charge is 0.491 e. The third-order valence-electron chi connectivity index (χ3n) is 5.43. The first-order valence-electron chi connectivity index (χ1n) is 11.1. The Bertz CT molecular complexity index is 1270. The van der Waals surface area contributed by atoms with Gasteiger partial charge in [-0.2, -0.15) is 0 Å². The van der Waals surface area contributed by atoms with Crippen LogP contribution < -0.4 is 15.7 Å². The van der Waals surface area contributed by atoms with Crippen LogP contribution in [0.3, 0.4) is 0 Å². The molecule has 7 heteroatoms. The van der Waals surface area contributed by atoms with Crippen molar-refractivity contribution in [3.05, 3.63) is 71.3 Å². The van der Waals surface area contributed by atoms with E-state index in [9.17, 15) is 9.59 Å². The summed E-state index contributed by atoms with van der Waals surface area (Å²) in [5.41, 5.74) is 2.57. The molecular weight excluding hydrogens is 404 g/mol. The number of nitrogens with zero attached hydrogens (tertiary/aromatic N) is 3. The Kier molecular flexibility index (Phi) is 6.84. The van der Waals surface area contributed by atoms with Crippen molar-refractivity contribution in [3.8, 4) is 5.75 Å². The molecule has 0 bridgehead atoms. The number of hydrogen-bond acceptors (Lipinski definition) is 4. The molecule has 2 aromatic heterocycles. The number of carbonyl (C=O) groups is 1. The van der Waals surface area contributed by atoms with Crippen LogP contribution in [0.4, 0.5) is 0 Å². The van der Waals surface area contributed by atoms with Crippen LogP contribution in [0.5, 0.6) is 5.75 Å². The molecule has 0 fully saturated rings. The van der Waals surface area contributed by atoms with Gasteiger partial charge in [0.25, 0.3) is 0 Å². The third-order valence-corrected chi connectivity index (χ3v) is 5.43. The van der Waals surface area contributed by atoms with Crippen LogP contribution >= 0.6 is 0 Å². The Morgan fingerprint density at radius 1 is 1.00 bits per heavy atom. The van der Waals surface area contributed by atoms with E-state index in [1.54, 1.807) is 15.3 Å². The summed E-state index contributed by atoms with van der Waals surface area (Å²) in [6.45, 7) is 4.08. The topological polar surface area (TPSA) is 78.2 Å². The lowest BCUT2D eigenvalue weighted by Gasteiger charge is -2.09. The second-order valence-corrected chi connectivity index (χ2v) is 7.71. The maximum absolute atomic E-state index is 12.8. The van der Waals surface area contributed by atoms with Gasteiger partial charge in [-0.3, -0.25) is 18.9 Å². The third kappa shape index (κ3) is 4.66. The van der Waals surface area contributed by atoms with E-state index in [4.69, 9.17) is 4.74 Å². The molecule has 32 heavy (non-hydrogen) atoms. The van der Waals surface area contributed by atoms with Crippen LogP contribution in [0.1, 0.15) is 26.2 Å². The zero-order chi connectivity index (χ0) is 22.3. The summed E-state index contributed by atoms with van der Waals surface area (Å²) in [6.07, 6.45) is 3.57. The van der Waals surface area contributed by atoms with Crippen LogP contribution in [0, 0.1) is 0 Å². The second kappa shape index (κ2) is 10.1. The van der Waals surface area contributed by atoms with E-state index in [-0.39, 0.29) is 18.0 Å². The second-order valence-electron chi connectivity index (χ2n) is 7.71. The summed E-state index contributed by atoms with van der Waals surface area (Å²) in [4.78, 5) is 29.5. The van der Waals surface area contributed by atoms with E-state index < -0.39 is 0 Å². The maximum Gasteiger partial charge on any atom is 0.329 e. The monoisotopic (exact) mass is 432 g/mol. The number of ether oxygens (including phenoxy) is 1. The average Bonchev–Trinajstić information content (AvgIpc) is 3.08. The molecule has 4 aromatic rings. The Balaban J connectivity index is 1.26. The first-order chi connectivity index (χ1) is 15.7. The smallest absolute Gasteiger partial charge is 0.329 e. The normalized spacial score (nSPS) is 11.2. The molecule has 4 rings (SSSR count). The minimum atomic E-state index is -0.0731. The maximum atomic E-state index is 12.8. The number of amides is 1. The molecule has 0 saturated heterocycles. The van der Waals surface area contributed by atoms with Crippen LogP contribution in [-0.2, 0) is 17.9 Å². The lowest BCUT2D eigenvalue weighted by atomic mass is 10.2. The molecule has 0 saturated carbocycles. The Morgan fingerprint density at radius 3 is 2.53 bits per heavy atom. The summed E-state index contributed by atoms with van der Waals surface area (Å²) in [5.74, 6) is 0.674. The van der Waals surface area contributed by atoms with Crippen molar-refractivity contribution in [2.45, 2.75) is 39.3 Å². The molecule has 166 valence electrons. The first kappa shape index (κ1) is 21.6. The van der Waals surface area contributed by atoms with Crippen molar-refractivity contribution in [2.24, 2.45) is 0 Å². The van der Waals surface area contributed by atoms with E-state index in [2.05, 4.69) is 10.3 Å². The van der Waals surface area contributed by atoms with Gasteiger partial charge in [0.1, 0.15) is 11.3 Å². The van der Waals surface area contributed by atoms with Gasteiger partial charge < -0.3 is 10.1 Å². The van der Waals surface area contributed by atoms with Crippen LogP contribution in [-0.4, -0.2) is 33.2 Å². The number of aryl methyl sites for hydroxylation is 2. The number of imidazole rings is 1. The van der Waals surface area contributed by atoms with E-state index in [0.29, 0.717) is 32.7 Å². The number of hydrogen-bond donors (Lipinski definition) is 1. The zero-order valence-corrected chi connectivity index (χ0v) is 18.3. The minimum absolute atomic E-state index is 0.0575. The van der Waals surface area contributed by atoms with E-state index in [1.807, 2.05) is 61.5 Å². The molecule has 7 nitrogen and oxygen atoms in total. The Labute approximate surface area is 186 Å². The van der Waals surface area contributed by atoms with Crippen molar-refractivity contribution in [2.75, 3.05) is 13.2 Å². The number of aromatic nitrogens is 3. The van der Waals surface area contributed by atoms with Crippen LogP contribution in [0.25, 0.3) is 21.9 Å². The quantitative estimate of drug-likeness (QED) is 0.387. The van der Waals surface area contributed by atoms with E-state index in [1.165, 1.54) is 0 Å². The van der Waals surface area contributed by atoms with Crippen molar-refractivity contribution < 1.29 is 9.53 Å². The highest BCUT2D eigenvalue weighted by Crippen LogP contribution is 2.22. The minimum Gasteiger partial charge on any atom is -0.491 e. The SMILES string of the molecule is CCCn1c(=O)n(CCC(=O)NCCCOc2cccc3cccnc23)c2ccccc21. The lowest BCUT2D eigenvalue weighted by molar-refractivity contribution is -0.121. The summed E-state index contributed by atoms with van der Waals surface area (Å²) >= 11 is 0. The predicted molar refractivity (Wildman–Crippen MR) is 126 cm³/mol. The fourth-order valence-electron chi connectivity index (χ4n) is 3.90. The molecule has 0 aliphatic rings. The number of nitrogens with one attached hydrogen (secondary N) is 1. The molecule has 2 aromatic carbocycles. The van der Waals surface area contributed by atoms with Gasteiger partial charge in [-0.05, 0) is 37.1 Å².